The molecule has 2 saturated heterocycles. The summed E-state index contributed by atoms with van der Waals surface area (Å²) in [5.74, 6) is -3.30. The first-order valence-corrected chi connectivity index (χ1v) is 40.9. The Morgan fingerprint density at radius 1 is 0.557 bits per heavy atom. The molecule has 106 heavy (non-hydrogen) atoms. The number of carbonyl (C=O) groups excluding carboxylic acids is 8. The van der Waals surface area contributed by atoms with Crippen molar-refractivity contribution in [3.05, 3.63) is 72.8 Å². The van der Waals surface area contributed by atoms with Crippen LogP contribution in [0.2, 0.25) is 0 Å². The Labute approximate surface area is 625 Å². The second kappa shape index (κ2) is 29.6. The van der Waals surface area contributed by atoms with Crippen LogP contribution in [0, 0.1) is 33.5 Å². The lowest BCUT2D eigenvalue weighted by atomic mass is 9.85. The third-order valence-corrected chi connectivity index (χ3v) is 27.0. The van der Waals surface area contributed by atoms with E-state index in [-0.39, 0.29) is 63.6 Å². The number of rotatable bonds is 6. The number of Topliss-reactive ketones (excluding diaryl/α,β-unsaturated/α-hetero) is 2. The first kappa shape index (κ1) is 79.2. The van der Waals surface area contributed by atoms with Gasteiger partial charge in [0.05, 0.1) is 67.6 Å². The highest BCUT2D eigenvalue weighted by Gasteiger charge is 2.65. The predicted molar refractivity (Wildman–Crippen MR) is 401 cm³/mol. The summed E-state index contributed by atoms with van der Waals surface area (Å²) in [5, 5.41) is 5.51. The van der Waals surface area contributed by atoms with Gasteiger partial charge in [0.25, 0.3) is 12.0 Å². The standard InChI is InChI=1S/2C39H55N5O8S.H2/c2*1-8-25-22-39(25)23-30(45)29-21-26(24-44(29)32(46)31(36(2,3)4)41-35(48)52-37(5,6)7)51-34-40-27-15-11-12-16-28(27)43(34)20-14-10-9-13-17-38(18-19-38)53(49,50)42-33(39)47;/h2*10-12,14-16,25-26,29,31H,8-9,13,17-24H2,1-7H3,(H,41,48)(H,42,47);1H/b2*14-10-;/t2*25-,26-,29+,31-,39-;/m11./s1. The quantitative estimate of drug-likeness (QED) is 0.130. The molecule has 4 aliphatic carbocycles. The van der Waals surface area contributed by atoms with Gasteiger partial charge >= 0.3 is 12.2 Å². The van der Waals surface area contributed by atoms with Gasteiger partial charge in [-0.25, -0.2) is 26.4 Å². The van der Waals surface area contributed by atoms with Crippen molar-refractivity contribution < 1.29 is 75.6 Å². The van der Waals surface area contributed by atoms with Crippen LogP contribution in [-0.4, -0.2) is 163 Å². The topological polar surface area (TPSA) is 332 Å². The van der Waals surface area contributed by atoms with Crippen LogP contribution >= 0.6 is 0 Å². The van der Waals surface area contributed by atoms with Gasteiger partial charge < -0.3 is 39.4 Å². The van der Waals surface area contributed by atoms with Crippen LogP contribution in [0.15, 0.2) is 72.8 Å². The monoisotopic (exact) mass is 1510 g/mol. The normalized spacial score (nSPS) is 28.5. The Bertz CT molecular complexity index is 4090. The lowest BCUT2D eigenvalue weighted by molar-refractivity contribution is -0.142. The van der Waals surface area contributed by atoms with E-state index >= 15 is 0 Å². The molecule has 26 nitrogen and oxygen atoms in total. The minimum Gasteiger partial charge on any atom is -0.459 e. The number of hydrogen-bond acceptors (Lipinski definition) is 18. The van der Waals surface area contributed by atoms with Gasteiger partial charge in [0, 0.05) is 40.2 Å². The first-order chi connectivity index (χ1) is 49.6. The van der Waals surface area contributed by atoms with Gasteiger partial charge in [-0.15, -0.1) is 0 Å². The van der Waals surface area contributed by atoms with Crippen LogP contribution in [0.5, 0.6) is 12.0 Å². The zero-order valence-electron chi connectivity index (χ0n) is 64.1. The third kappa shape index (κ3) is 17.0. The highest BCUT2D eigenvalue weighted by atomic mass is 32.2. The summed E-state index contributed by atoms with van der Waals surface area (Å²) >= 11 is 0. The maximum absolute atomic E-state index is 14.6. The molecule has 4 aromatic rings. The summed E-state index contributed by atoms with van der Waals surface area (Å²) in [6.07, 6.45) is 12.4. The predicted octanol–water partition coefficient (Wildman–Crippen LogP) is 11.1. The second-order valence-corrected chi connectivity index (χ2v) is 39.2. The Balaban J connectivity index is 0.000000227. The molecule has 4 aliphatic heterocycles. The number of carbonyl (C=O) groups is 8. The maximum Gasteiger partial charge on any atom is 0.408 e. The van der Waals surface area contributed by atoms with E-state index < -0.39 is 135 Å². The molecule has 4 spiro atoms. The zero-order valence-corrected chi connectivity index (χ0v) is 65.8. The number of fused-ring (bicyclic) bond motifs is 10. The number of nitrogens with one attached hydrogen (secondary N) is 4. The van der Waals surface area contributed by atoms with Gasteiger partial charge in [0.1, 0.15) is 35.5 Å². The summed E-state index contributed by atoms with van der Waals surface area (Å²) in [7, 11) is -7.98. The van der Waals surface area contributed by atoms with Gasteiger partial charge in [-0.05, 0) is 166 Å². The number of aromatic nitrogens is 4. The lowest BCUT2D eigenvalue weighted by Gasteiger charge is -2.36. The summed E-state index contributed by atoms with van der Waals surface area (Å²) < 4.78 is 85.8. The van der Waals surface area contributed by atoms with E-state index in [2.05, 4.69) is 20.1 Å². The number of allylic oxidation sites excluding steroid dienone is 4. The molecule has 4 N–H and O–H groups in total. The van der Waals surface area contributed by atoms with E-state index in [1.807, 2.05) is 137 Å². The fourth-order valence-corrected chi connectivity index (χ4v) is 19.5. The maximum atomic E-state index is 14.6. The van der Waals surface area contributed by atoms with E-state index in [4.69, 9.17) is 28.9 Å². The van der Waals surface area contributed by atoms with Crippen LogP contribution < -0.4 is 29.6 Å². The summed E-state index contributed by atoms with van der Waals surface area (Å²) in [6.45, 7) is 26.1. The number of nitrogens with zero attached hydrogens (tertiary/aromatic N) is 6. The van der Waals surface area contributed by atoms with Crippen molar-refractivity contribution in [3.63, 3.8) is 0 Å². The number of para-hydroxylation sites is 4. The molecule has 6 fully saturated rings. The average Bonchev–Trinajstić information content (AvgIpc) is 1.57. The lowest BCUT2D eigenvalue weighted by Crippen LogP contribution is -2.57. The van der Waals surface area contributed by atoms with E-state index in [9.17, 15) is 55.2 Å². The van der Waals surface area contributed by atoms with E-state index in [0.717, 1.165) is 22.1 Å². The number of imidazole rings is 2. The number of likely N-dealkylation sites (tertiary alicyclic amines) is 2. The van der Waals surface area contributed by atoms with E-state index in [1.165, 1.54) is 9.80 Å². The average molecular weight is 1510 g/mol. The molecule has 2 aromatic carbocycles. The minimum absolute atomic E-state index is 0. The van der Waals surface area contributed by atoms with Crippen molar-refractivity contribution in [2.45, 2.75) is 283 Å². The molecule has 28 heteroatoms. The van der Waals surface area contributed by atoms with Crippen molar-refractivity contribution in [1.82, 2.24) is 49.0 Å². The van der Waals surface area contributed by atoms with Crippen molar-refractivity contribution >= 4 is 89.5 Å². The fraction of sp³-hybridized carbons (Fsp3) is 0.667. The van der Waals surface area contributed by atoms with E-state index in [1.54, 1.807) is 41.5 Å². The molecule has 6 heterocycles. The Hall–Kier alpha value is -7.88. The van der Waals surface area contributed by atoms with Gasteiger partial charge in [0.15, 0.2) is 11.6 Å². The smallest absolute Gasteiger partial charge is 0.408 e. The fourth-order valence-electron chi connectivity index (χ4n) is 16.0. The summed E-state index contributed by atoms with van der Waals surface area (Å²) in [6, 6.07) is 11.9. The second-order valence-electron chi connectivity index (χ2n) is 35.0. The number of amides is 6. The number of sulfonamides is 2. The van der Waals surface area contributed by atoms with Crippen LogP contribution in [0.3, 0.4) is 0 Å². The third-order valence-electron chi connectivity index (χ3n) is 22.6. The molecule has 0 unspecified atom stereocenters. The molecular weight excluding hydrogens is 1400 g/mol. The largest absolute Gasteiger partial charge is 0.459 e. The Kier molecular flexibility index (Phi) is 22.1. The van der Waals surface area contributed by atoms with Crippen molar-refractivity contribution in [1.29, 1.82) is 0 Å². The SMILES string of the molecule is CC[C@@H]1C[C@@]12CC(=O)[C@@H]1C[C@H](CN1C(=O)[C@@H](NC(=O)OC(C)(C)C)C(C)(C)C)Oc1nc3ccccc3n1C/C=C\CCCC1(CC1)S(=O)(=O)NC2=O.CC[C@@H]1C[C@@]12CC(=O)[C@@H]1C[C@H](CN1C(=O)[C@@H](NC(=O)OC(C)(C)C)C(C)(C)C)Oc1nc3ccccc3n1C/C=C\CCCC1(CC1)S(=O)(=O)NC2=O.[HH]. The molecule has 8 aliphatic rings. The van der Waals surface area contributed by atoms with Crippen molar-refractivity contribution in [2.75, 3.05) is 13.1 Å². The molecule has 4 bridgehead atoms. The number of ether oxygens (including phenoxy) is 4. The Morgan fingerprint density at radius 3 is 1.24 bits per heavy atom. The molecule has 2 aromatic heterocycles. The van der Waals surface area contributed by atoms with Crippen LogP contribution in [0.1, 0.15) is 214 Å². The highest BCUT2D eigenvalue weighted by Crippen LogP contribution is 2.60. The zero-order chi connectivity index (χ0) is 77.1. The molecule has 4 saturated carbocycles. The number of benzene rings is 2. The van der Waals surface area contributed by atoms with Gasteiger partial charge in [-0.1, -0.05) is 117 Å². The Morgan fingerprint density at radius 2 is 0.915 bits per heavy atom. The number of alkyl carbamates (subject to hydrolysis) is 2. The van der Waals surface area contributed by atoms with E-state index in [0.29, 0.717) is 115 Å². The molecule has 582 valence electrons. The minimum atomic E-state index is -3.99. The molecular formula is C78H112N10O16S2. The van der Waals surface area contributed by atoms with Gasteiger partial charge in [-0.3, -0.25) is 47.3 Å². The van der Waals surface area contributed by atoms with Crippen LogP contribution in [-0.2, 0) is 71.4 Å². The molecule has 12 rings (SSSR count). The number of ketones is 2. The van der Waals surface area contributed by atoms with Gasteiger partial charge in [-0.2, -0.15) is 9.97 Å². The van der Waals surface area contributed by atoms with Crippen LogP contribution in [0.25, 0.3) is 22.1 Å². The summed E-state index contributed by atoms with van der Waals surface area (Å²) in [5.41, 5.74) is -2.35. The number of hydrogen-bond donors (Lipinski definition) is 4. The summed E-state index contributed by atoms with van der Waals surface area (Å²) in [4.78, 5) is 125. The van der Waals surface area contributed by atoms with Crippen molar-refractivity contribution in [2.24, 2.45) is 33.5 Å². The molecule has 0 radical (unpaired) electrons. The first-order valence-electron chi connectivity index (χ1n) is 37.9. The van der Waals surface area contributed by atoms with Crippen molar-refractivity contribution in [3.8, 4) is 12.0 Å². The van der Waals surface area contributed by atoms with Gasteiger partial charge in [0.2, 0.25) is 43.7 Å². The highest BCUT2D eigenvalue weighted by molar-refractivity contribution is 7.92. The van der Waals surface area contributed by atoms with Crippen LogP contribution in [0.4, 0.5) is 9.59 Å². The molecule has 10 atom stereocenters. The molecule has 6 amide bonds.